The SMILES string of the molecule is FC(F)(F)Oc1ccc(-c2noc(CCc3c[nH]c4ccccc34)n2)cc1. The van der Waals surface area contributed by atoms with Gasteiger partial charge in [0.25, 0.3) is 0 Å². The van der Waals surface area contributed by atoms with Gasteiger partial charge >= 0.3 is 6.36 Å². The number of nitrogens with zero attached hydrogens (tertiary/aromatic N) is 2. The molecule has 0 aliphatic carbocycles. The lowest BCUT2D eigenvalue weighted by Crippen LogP contribution is -2.16. The lowest BCUT2D eigenvalue weighted by molar-refractivity contribution is -0.274. The highest BCUT2D eigenvalue weighted by Crippen LogP contribution is 2.25. The molecule has 0 unspecified atom stereocenters. The Morgan fingerprint density at radius 1 is 1.00 bits per heavy atom. The highest BCUT2D eigenvalue weighted by atomic mass is 19.4. The van der Waals surface area contributed by atoms with Crippen LogP contribution in [0.15, 0.2) is 59.3 Å². The molecular weight excluding hydrogens is 359 g/mol. The molecule has 138 valence electrons. The van der Waals surface area contributed by atoms with E-state index in [1.165, 1.54) is 24.3 Å². The maximum atomic E-state index is 12.2. The van der Waals surface area contributed by atoms with Crippen LogP contribution in [0.25, 0.3) is 22.3 Å². The van der Waals surface area contributed by atoms with E-state index in [2.05, 4.69) is 19.9 Å². The smallest absolute Gasteiger partial charge is 0.406 e. The molecular formula is C19H14F3N3O2. The third-order valence-electron chi connectivity index (χ3n) is 4.10. The van der Waals surface area contributed by atoms with E-state index in [-0.39, 0.29) is 5.75 Å². The Morgan fingerprint density at radius 2 is 1.78 bits per heavy atom. The van der Waals surface area contributed by atoms with Crippen LogP contribution < -0.4 is 4.74 Å². The van der Waals surface area contributed by atoms with E-state index >= 15 is 0 Å². The minimum Gasteiger partial charge on any atom is -0.406 e. The van der Waals surface area contributed by atoms with Crippen molar-refractivity contribution in [1.29, 1.82) is 0 Å². The van der Waals surface area contributed by atoms with Gasteiger partial charge in [-0.05, 0) is 42.3 Å². The van der Waals surface area contributed by atoms with Crippen molar-refractivity contribution in [3.05, 3.63) is 66.2 Å². The van der Waals surface area contributed by atoms with Gasteiger partial charge in [-0.3, -0.25) is 0 Å². The molecule has 4 aromatic rings. The van der Waals surface area contributed by atoms with Crippen LogP contribution in [0.5, 0.6) is 5.75 Å². The summed E-state index contributed by atoms with van der Waals surface area (Å²) in [5.41, 5.74) is 2.77. The van der Waals surface area contributed by atoms with E-state index in [4.69, 9.17) is 4.52 Å². The molecule has 0 amide bonds. The monoisotopic (exact) mass is 373 g/mol. The standard InChI is InChI=1S/C19H14F3N3O2/c20-19(21,22)26-14-8-5-12(6-9-14)18-24-17(27-25-18)10-7-13-11-23-16-4-2-1-3-15(13)16/h1-6,8-9,11,23H,7,10H2. The Bertz CT molecular complexity index is 1050. The molecule has 2 aromatic heterocycles. The summed E-state index contributed by atoms with van der Waals surface area (Å²) in [5.74, 6) is 0.489. The average molecular weight is 373 g/mol. The van der Waals surface area contributed by atoms with Gasteiger partial charge in [-0.2, -0.15) is 4.98 Å². The number of ether oxygens (including phenoxy) is 1. The topological polar surface area (TPSA) is 63.9 Å². The lowest BCUT2D eigenvalue weighted by atomic mass is 10.1. The number of H-pyrrole nitrogens is 1. The molecule has 0 saturated carbocycles. The van der Waals surface area contributed by atoms with Crippen LogP contribution in [-0.4, -0.2) is 21.5 Å². The first-order valence-electron chi connectivity index (χ1n) is 8.22. The van der Waals surface area contributed by atoms with Gasteiger partial charge in [0.05, 0.1) is 0 Å². The van der Waals surface area contributed by atoms with E-state index in [9.17, 15) is 13.2 Å². The first-order valence-corrected chi connectivity index (χ1v) is 8.22. The van der Waals surface area contributed by atoms with Crippen molar-refractivity contribution in [1.82, 2.24) is 15.1 Å². The summed E-state index contributed by atoms with van der Waals surface area (Å²) in [6, 6.07) is 13.3. The third-order valence-corrected chi connectivity index (χ3v) is 4.10. The highest BCUT2D eigenvalue weighted by Gasteiger charge is 2.31. The van der Waals surface area contributed by atoms with E-state index in [1.54, 1.807) is 0 Å². The molecule has 0 atom stereocenters. The molecule has 0 saturated heterocycles. The second kappa shape index (κ2) is 6.79. The second-order valence-corrected chi connectivity index (χ2v) is 5.94. The number of halogens is 3. The number of aromatic nitrogens is 3. The third kappa shape index (κ3) is 3.94. The summed E-state index contributed by atoms with van der Waals surface area (Å²) < 4.78 is 45.7. The van der Waals surface area contributed by atoms with Gasteiger partial charge in [-0.25, -0.2) is 0 Å². The number of aryl methyl sites for hydroxylation is 2. The summed E-state index contributed by atoms with van der Waals surface area (Å²) in [4.78, 5) is 7.53. The van der Waals surface area contributed by atoms with Crippen molar-refractivity contribution >= 4 is 10.9 Å². The van der Waals surface area contributed by atoms with Crippen molar-refractivity contribution in [3.8, 4) is 17.1 Å². The Labute approximate surface area is 151 Å². The Morgan fingerprint density at radius 3 is 2.56 bits per heavy atom. The second-order valence-electron chi connectivity index (χ2n) is 5.94. The number of hydrogen-bond donors (Lipinski definition) is 1. The summed E-state index contributed by atoms with van der Waals surface area (Å²) in [6.07, 6.45) is -1.47. The van der Waals surface area contributed by atoms with Gasteiger partial charge in [-0.15, -0.1) is 13.2 Å². The van der Waals surface area contributed by atoms with Gasteiger partial charge in [0, 0.05) is 29.1 Å². The number of rotatable bonds is 5. The van der Waals surface area contributed by atoms with Crippen molar-refractivity contribution < 1.29 is 22.4 Å². The molecule has 0 fully saturated rings. The fourth-order valence-electron chi connectivity index (χ4n) is 2.86. The number of nitrogens with one attached hydrogen (secondary N) is 1. The van der Waals surface area contributed by atoms with Crippen LogP contribution in [0.1, 0.15) is 11.5 Å². The lowest BCUT2D eigenvalue weighted by Gasteiger charge is -2.08. The normalized spacial score (nSPS) is 11.8. The molecule has 1 N–H and O–H groups in total. The molecule has 0 spiro atoms. The van der Waals surface area contributed by atoms with Crippen LogP contribution in [0, 0.1) is 0 Å². The Hall–Kier alpha value is -3.29. The fourth-order valence-corrected chi connectivity index (χ4v) is 2.86. The predicted molar refractivity (Wildman–Crippen MR) is 92.1 cm³/mol. The van der Waals surface area contributed by atoms with Crippen LogP contribution in [-0.2, 0) is 12.8 Å². The highest BCUT2D eigenvalue weighted by molar-refractivity contribution is 5.83. The van der Waals surface area contributed by atoms with Gasteiger partial charge in [0.2, 0.25) is 11.7 Å². The number of aromatic amines is 1. The van der Waals surface area contributed by atoms with Crippen molar-refractivity contribution in [2.45, 2.75) is 19.2 Å². The Kier molecular flexibility index (Phi) is 4.31. The zero-order valence-electron chi connectivity index (χ0n) is 14.0. The number of fused-ring (bicyclic) bond motifs is 1. The maximum absolute atomic E-state index is 12.2. The maximum Gasteiger partial charge on any atom is 0.573 e. The zero-order chi connectivity index (χ0) is 18.9. The van der Waals surface area contributed by atoms with Crippen LogP contribution in [0.2, 0.25) is 0 Å². The van der Waals surface area contributed by atoms with Crippen molar-refractivity contribution in [3.63, 3.8) is 0 Å². The van der Waals surface area contributed by atoms with Gasteiger partial charge in [0.15, 0.2) is 0 Å². The van der Waals surface area contributed by atoms with Crippen LogP contribution in [0.4, 0.5) is 13.2 Å². The quantitative estimate of drug-likeness (QED) is 0.540. The van der Waals surface area contributed by atoms with Gasteiger partial charge in [0.1, 0.15) is 5.75 Å². The number of alkyl halides is 3. The van der Waals surface area contributed by atoms with E-state index in [0.29, 0.717) is 23.7 Å². The minimum atomic E-state index is -4.72. The fraction of sp³-hybridized carbons (Fsp3) is 0.158. The predicted octanol–water partition coefficient (Wildman–Crippen LogP) is 4.90. The first-order chi connectivity index (χ1) is 13.0. The van der Waals surface area contributed by atoms with E-state index < -0.39 is 6.36 Å². The average Bonchev–Trinajstić information content (AvgIpc) is 3.26. The van der Waals surface area contributed by atoms with E-state index in [1.807, 2.05) is 30.5 Å². The molecule has 2 aromatic carbocycles. The largest absolute Gasteiger partial charge is 0.573 e. The molecule has 0 radical (unpaired) electrons. The van der Waals surface area contributed by atoms with Gasteiger partial charge < -0.3 is 14.2 Å². The minimum absolute atomic E-state index is 0.297. The summed E-state index contributed by atoms with van der Waals surface area (Å²) in [7, 11) is 0. The van der Waals surface area contributed by atoms with Crippen LogP contribution >= 0.6 is 0 Å². The first kappa shape index (κ1) is 17.1. The number of benzene rings is 2. The summed E-state index contributed by atoms with van der Waals surface area (Å²) in [5, 5.41) is 5.05. The van der Waals surface area contributed by atoms with Crippen LogP contribution in [0.3, 0.4) is 0 Å². The number of hydrogen-bond acceptors (Lipinski definition) is 4. The molecule has 8 heteroatoms. The molecule has 0 aliphatic heterocycles. The van der Waals surface area contributed by atoms with Gasteiger partial charge in [-0.1, -0.05) is 23.4 Å². The Balaban J connectivity index is 1.44. The molecule has 4 rings (SSSR count). The summed E-state index contributed by atoms with van der Waals surface area (Å²) in [6.45, 7) is 0. The van der Waals surface area contributed by atoms with E-state index in [0.717, 1.165) is 22.9 Å². The molecule has 0 bridgehead atoms. The summed E-state index contributed by atoms with van der Waals surface area (Å²) >= 11 is 0. The molecule has 27 heavy (non-hydrogen) atoms. The molecule has 2 heterocycles. The molecule has 0 aliphatic rings. The molecule has 5 nitrogen and oxygen atoms in total. The van der Waals surface area contributed by atoms with Crippen molar-refractivity contribution in [2.24, 2.45) is 0 Å². The van der Waals surface area contributed by atoms with Crippen molar-refractivity contribution in [2.75, 3.05) is 0 Å². The number of para-hydroxylation sites is 1. The zero-order valence-corrected chi connectivity index (χ0v) is 14.0.